The quantitative estimate of drug-likeness (QED) is 0.591. The number of piperazine rings is 1. The van der Waals surface area contributed by atoms with Gasteiger partial charge in [0.2, 0.25) is 21.7 Å². The number of nitrogens with two attached hydrogens (primary N) is 1. The summed E-state index contributed by atoms with van der Waals surface area (Å²) in [5.74, 6) is -0.273. The van der Waals surface area contributed by atoms with E-state index in [1.807, 2.05) is 4.90 Å². The molecule has 164 valence electrons. The molecule has 10 nitrogen and oxygen atoms in total. The smallest absolute Gasteiger partial charge is 0.265 e. The average molecular weight is 448 g/mol. The van der Waals surface area contributed by atoms with Crippen LogP contribution in [0.25, 0.3) is 11.4 Å². The summed E-state index contributed by atoms with van der Waals surface area (Å²) in [6, 6.07) is 7.08. The molecule has 1 aliphatic rings. The summed E-state index contributed by atoms with van der Waals surface area (Å²) < 4.78 is 46.9. The van der Waals surface area contributed by atoms with Crippen LogP contribution in [0.5, 0.6) is 0 Å². The minimum Gasteiger partial charge on any atom is -0.364 e. The average Bonchev–Trinajstić information content (AvgIpc) is 3.36. The summed E-state index contributed by atoms with van der Waals surface area (Å²) in [6.45, 7) is 1.88. The minimum absolute atomic E-state index is 0.0399. The number of nitrogens with zero attached hydrogens (tertiary/aromatic N) is 5. The fraction of sp³-hybridized carbons (Fsp3) is 0.316. The number of benzene rings is 1. The van der Waals surface area contributed by atoms with Crippen molar-refractivity contribution in [3.05, 3.63) is 53.9 Å². The van der Waals surface area contributed by atoms with Crippen LogP contribution in [0.4, 0.5) is 4.39 Å². The molecule has 3 heterocycles. The molecular formula is C19H21FN6O4S. The van der Waals surface area contributed by atoms with Crippen LogP contribution in [0.1, 0.15) is 16.4 Å². The van der Waals surface area contributed by atoms with Crippen molar-refractivity contribution >= 4 is 15.9 Å². The Balaban J connectivity index is 1.38. The largest absolute Gasteiger partial charge is 0.364 e. The fourth-order valence-corrected chi connectivity index (χ4v) is 4.92. The maximum atomic E-state index is 13.1. The molecule has 0 atom stereocenters. The molecule has 1 aliphatic heterocycles. The maximum absolute atomic E-state index is 13.1. The van der Waals surface area contributed by atoms with E-state index in [-0.39, 0.29) is 29.5 Å². The van der Waals surface area contributed by atoms with Crippen LogP contribution in [0.15, 0.2) is 45.9 Å². The van der Waals surface area contributed by atoms with Crippen molar-refractivity contribution in [2.75, 3.05) is 26.2 Å². The molecule has 0 unspecified atom stereocenters. The van der Waals surface area contributed by atoms with Gasteiger partial charge in [0.05, 0.1) is 6.54 Å². The van der Waals surface area contributed by atoms with E-state index in [9.17, 15) is 17.6 Å². The Morgan fingerprint density at radius 3 is 2.48 bits per heavy atom. The lowest BCUT2D eigenvalue weighted by Crippen LogP contribution is -2.48. The standard InChI is InChI=1S/C19H21FN6O4S/c1-24-11-15(10-16(24)18(21)27)31(28,29)26-8-6-25(7-9-26)12-17-22-19(23-30-17)13-2-4-14(20)5-3-13/h2-5,10-11H,6-9,12H2,1H3,(H2,21,27). The first-order valence-corrected chi connectivity index (χ1v) is 11.0. The molecule has 0 spiro atoms. The Morgan fingerprint density at radius 2 is 1.87 bits per heavy atom. The minimum atomic E-state index is -3.73. The molecule has 31 heavy (non-hydrogen) atoms. The van der Waals surface area contributed by atoms with E-state index in [0.717, 1.165) is 0 Å². The van der Waals surface area contributed by atoms with Crippen molar-refractivity contribution in [1.29, 1.82) is 0 Å². The molecule has 0 bridgehead atoms. The first-order valence-electron chi connectivity index (χ1n) is 9.51. The molecule has 4 rings (SSSR count). The van der Waals surface area contributed by atoms with E-state index in [1.165, 1.54) is 33.3 Å². The van der Waals surface area contributed by atoms with Gasteiger partial charge in [0.1, 0.15) is 16.4 Å². The maximum Gasteiger partial charge on any atom is 0.265 e. The number of hydrogen-bond donors (Lipinski definition) is 1. The molecule has 1 aromatic carbocycles. The number of halogens is 1. The highest BCUT2D eigenvalue weighted by Crippen LogP contribution is 2.21. The molecule has 1 fully saturated rings. The highest BCUT2D eigenvalue weighted by Gasteiger charge is 2.30. The molecule has 3 aromatic rings. The number of amides is 1. The highest BCUT2D eigenvalue weighted by atomic mass is 32.2. The zero-order chi connectivity index (χ0) is 22.2. The number of primary amides is 1. The van der Waals surface area contributed by atoms with Gasteiger partial charge in [0.15, 0.2) is 0 Å². The SMILES string of the molecule is Cn1cc(S(=O)(=O)N2CCN(Cc3nc(-c4ccc(F)cc4)no3)CC2)cc1C(N)=O. The third-order valence-electron chi connectivity index (χ3n) is 5.13. The van der Waals surface area contributed by atoms with Crippen molar-refractivity contribution in [2.45, 2.75) is 11.4 Å². The van der Waals surface area contributed by atoms with Gasteiger partial charge in [-0.2, -0.15) is 9.29 Å². The molecule has 1 amide bonds. The van der Waals surface area contributed by atoms with Gasteiger partial charge in [-0.25, -0.2) is 12.8 Å². The van der Waals surface area contributed by atoms with E-state index < -0.39 is 15.9 Å². The van der Waals surface area contributed by atoms with Crippen LogP contribution in [0.3, 0.4) is 0 Å². The Labute approximate surface area is 178 Å². The summed E-state index contributed by atoms with van der Waals surface area (Å²) in [5.41, 5.74) is 6.05. The Hall–Kier alpha value is -3.09. The molecule has 0 saturated carbocycles. The normalized spacial score (nSPS) is 15.9. The molecule has 1 saturated heterocycles. The van der Waals surface area contributed by atoms with Crippen molar-refractivity contribution in [3.8, 4) is 11.4 Å². The number of sulfonamides is 1. The van der Waals surface area contributed by atoms with Gasteiger partial charge in [-0.1, -0.05) is 5.16 Å². The second-order valence-corrected chi connectivity index (χ2v) is 9.17. The van der Waals surface area contributed by atoms with Crippen LogP contribution in [0.2, 0.25) is 0 Å². The third kappa shape index (κ3) is 4.36. The lowest BCUT2D eigenvalue weighted by atomic mass is 10.2. The first kappa shape index (κ1) is 21.2. The van der Waals surface area contributed by atoms with Crippen LogP contribution in [-0.4, -0.2) is 64.4 Å². The van der Waals surface area contributed by atoms with Crippen molar-refractivity contribution in [1.82, 2.24) is 23.9 Å². The first-order chi connectivity index (χ1) is 14.7. The Bertz CT molecular complexity index is 1200. The molecule has 0 radical (unpaired) electrons. The lowest BCUT2D eigenvalue weighted by molar-refractivity contribution is 0.0992. The Kier molecular flexibility index (Phi) is 5.60. The van der Waals surface area contributed by atoms with E-state index in [1.54, 1.807) is 19.2 Å². The Morgan fingerprint density at radius 1 is 1.19 bits per heavy atom. The fourth-order valence-electron chi connectivity index (χ4n) is 3.42. The van der Waals surface area contributed by atoms with Crippen LogP contribution in [0, 0.1) is 5.82 Å². The van der Waals surface area contributed by atoms with Crippen molar-refractivity contribution in [3.63, 3.8) is 0 Å². The topological polar surface area (TPSA) is 128 Å². The van der Waals surface area contributed by atoms with Gasteiger partial charge in [-0.05, 0) is 30.3 Å². The van der Waals surface area contributed by atoms with Gasteiger partial charge < -0.3 is 14.8 Å². The van der Waals surface area contributed by atoms with E-state index in [0.29, 0.717) is 36.9 Å². The van der Waals surface area contributed by atoms with E-state index in [2.05, 4.69) is 10.1 Å². The van der Waals surface area contributed by atoms with Gasteiger partial charge in [0, 0.05) is 45.0 Å². The number of carbonyl (C=O) groups is 1. The van der Waals surface area contributed by atoms with Crippen LogP contribution in [-0.2, 0) is 23.6 Å². The summed E-state index contributed by atoms with van der Waals surface area (Å²) in [7, 11) is -2.16. The number of carbonyl (C=O) groups excluding carboxylic acids is 1. The van der Waals surface area contributed by atoms with Gasteiger partial charge in [-0.3, -0.25) is 9.69 Å². The lowest BCUT2D eigenvalue weighted by Gasteiger charge is -2.32. The zero-order valence-corrected chi connectivity index (χ0v) is 17.5. The van der Waals surface area contributed by atoms with Crippen molar-refractivity contribution in [2.24, 2.45) is 12.8 Å². The van der Waals surface area contributed by atoms with Gasteiger partial charge in [-0.15, -0.1) is 0 Å². The second kappa shape index (κ2) is 8.21. The van der Waals surface area contributed by atoms with E-state index in [4.69, 9.17) is 10.3 Å². The highest BCUT2D eigenvalue weighted by molar-refractivity contribution is 7.89. The summed E-state index contributed by atoms with van der Waals surface area (Å²) in [5, 5.41) is 3.92. The predicted molar refractivity (Wildman–Crippen MR) is 108 cm³/mol. The van der Waals surface area contributed by atoms with Gasteiger partial charge in [0.25, 0.3) is 5.91 Å². The molecular weight excluding hydrogens is 427 g/mol. The monoisotopic (exact) mass is 448 g/mol. The third-order valence-corrected chi connectivity index (χ3v) is 6.99. The second-order valence-electron chi connectivity index (χ2n) is 7.24. The molecule has 0 aliphatic carbocycles. The molecule has 2 N–H and O–H groups in total. The predicted octanol–water partition coefficient (Wildman–Crippen LogP) is 0.820. The summed E-state index contributed by atoms with van der Waals surface area (Å²) in [4.78, 5) is 17.8. The van der Waals surface area contributed by atoms with Crippen LogP contribution >= 0.6 is 0 Å². The number of hydrogen-bond acceptors (Lipinski definition) is 7. The van der Waals surface area contributed by atoms with Gasteiger partial charge >= 0.3 is 0 Å². The van der Waals surface area contributed by atoms with Crippen LogP contribution < -0.4 is 5.73 Å². The number of rotatable bonds is 6. The molecule has 2 aromatic heterocycles. The zero-order valence-electron chi connectivity index (χ0n) is 16.7. The summed E-state index contributed by atoms with van der Waals surface area (Å²) >= 11 is 0. The molecule has 12 heteroatoms. The number of aromatic nitrogens is 3. The van der Waals surface area contributed by atoms with Crippen molar-refractivity contribution < 1.29 is 22.1 Å². The summed E-state index contributed by atoms with van der Waals surface area (Å²) in [6.07, 6.45) is 1.39. The van der Waals surface area contributed by atoms with E-state index >= 15 is 0 Å². The number of aryl methyl sites for hydroxylation is 1.